The SMILES string of the molecule is CCc1cc(NS(=O)(=O)CCC(C)(C)C)n[nH]1. The van der Waals surface area contributed by atoms with Crippen LogP contribution in [0.5, 0.6) is 0 Å². The Morgan fingerprint density at radius 3 is 2.53 bits per heavy atom. The monoisotopic (exact) mass is 259 g/mol. The number of rotatable bonds is 5. The van der Waals surface area contributed by atoms with E-state index < -0.39 is 10.0 Å². The molecule has 0 bridgehead atoms. The highest BCUT2D eigenvalue weighted by Gasteiger charge is 2.18. The Kier molecular flexibility index (Phi) is 4.19. The zero-order chi connectivity index (χ0) is 13.1. The van der Waals surface area contributed by atoms with Gasteiger partial charge in [0, 0.05) is 11.8 Å². The molecule has 0 aliphatic carbocycles. The van der Waals surface area contributed by atoms with Gasteiger partial charge in [-0.2, -0.15) is 5.10 Å². The molecular formula is C11H21N3O2S. The number of aryl methyl sites for hydroxylation is 1. The third-order valence-electron chi connectivity index (χ3n) is 2.39. The van der Waals surface area contributed by atoms with Gasteiger partial charge in [-0.3, -0.25) is 9.82 Å². The molecule has 6 heteroatoms. The van der Waals surface area contributed by atoms with E-state index in [4.69, 9.17) is 0 Å². The zero-order valence-electron chi connectivity index (χ0n) is 10.9. The van der Waals surface area contributed by atoms with E-state index in [-0.39, 0.29) is 11.2 Å². The Balaban J connectivity index is 2.60. The van der Waals surface area contributed by atoms with Crippen LogP contribution >= 0.6 is 0 Å². The number of hydrogen-bond acceptors (Lipinski definition) is 3. The Hall–Kier alpha value is -1.04. The van der Waals surface area contributed by atoms with Crippen LogP contribution in [0, 0.1) is 5.41 Å². The maximum Gasteiger partial charge on any atom is 0.233 e. The predicted octanol–water partition coefficient (Wildman–Crippen LogP) is 2.15. The minimum Gasteiger partial charge on any atom is -0.280 e. The van der Waals surface area contributed by atoms with Crippen molar-refractivity contribution in [3.63, 3.8) is 0 Å². The molecule has 0 atom stereocenters. The normalized spacial score (nSPS) is 12.7. The molecule has 17 heavy (non-hydrogen) atoms. The second kappa shape index (κ2) is 5.08. The summed E-state index contributed by atoms with van der Waals surface area (Å²) in [6.07, 6.45) is 1.42. The Morgan fingerprint density at radius 1 is 1.41 bits per heavy atom. The molecule has 0 saturated heterocycles. The Bertz CT molecular complexity index is 457. The summed E-state index contributed by atoms with van der Waals surface area (Å²) in [6, 6.07) is 1.72. The molecule has 5 nitrogen and oxygen atoms in total. The average molecular weight is 259 g/mol. The first-order chi connectivity index (χ1) is 7.72. The molecular weight excluding hydrogens is 238 g/mol. The summed E-state index contributed by atoms with van der Waals surface area (Å²) in [5.74, 6) is 0.487. The summed E-state index contributed by atoms with van der Waals surface area (Å²) >= 11 is 0. The number of nitrogens with one attached hydrogen (secondary N) is 2. The minimum atomic E-state index is -3.30. The summed E-state index contributed by atoms with van der Waals surface area (Å²) in [6.45, 7) is 8.04. The third-order valence-corrected chi connectivity index (χ3v) is 3.65. The Labute approximate surface area is 103 Å². The van der Waals surface area contributed by atoms with E-state index in [0.29, 0.717) is 12.2 Å². The van der Waals surface area contributed by atoms with Crippen molar-refractivity contribution in [1.29, 1.82) is 0 Å². The van der Waals surface area contributed by atoms with Gasteiger partial charge in [0.05, 0.1) is 5.75 Å². The lowest BCUT2D eigenvalue weighted by Gasteiger charge is -2.17. The minimum absolute atomic E-state index is 0.00883. The summed E-state index contributed by atoms with van der Waals surface area (Å²) in [7, 11) is -3.30. The smallest absolute Gasteiger partial charge is 0.233 e. The highest BCUT2D eigenvalue weighted by molar-refractivity contribution is 7.92. The number of hydrogen-bond donors (Lipinski definition) is 2. The van der Waals surface area contributed by atoms with Crippen molar-refractivity contribution >= 4 is 15.8 Å². The van der Waals surface area contributed by atoms with Crippen molar-refractivity contribution in [2.75, 3.05) is 10.5 Å². The van der Waals surface area contributed by atoms with Gasteiger partial charge in [0.2, 0.25) is 10.0 Å². The number of aromatic amines is 1. The van der Waals surface area contributed by atoms with Gasteiger partial charge in [-0.25, -0.2) is 8.42 Å². The van der Waals surface area contributed by atoms with Gasteiger partial charge < -0.3 is 0 Å². The lowest BCUT2D eigenvalue weighted by atomic mass is 9.94. The molecule has 1 rings (SSSR count). The van der Waals surface area contributed by atoms with Crippen molar-refractivity contribution in [3.05, 3.63) is 11.8 Å². The maximum absolute atomic E-state index is 11.8. The quantitative estimate of drug-likeness (QED) is 0.850. The van der Waals surface area contributed by atoms with Crippen molar-refractivity contribution < 1.29 is 8.42 Å². The van der Waals surface area contributed by atoms with Gasteiger partial charge in [-0.1, -0.05) is 27.7 Å². The molecule has 1 aromatic rings. The highest BCUT2D eigenvalue weighted by atomic mass is 32.2. The molecule has 0 radical (unpaired) electrons. The molecule has 0 fully saturated rings. The molecule has 0 aliphatic heterocycles. The van der Waals surface area contributed by atoms with Crippen LogP contribution in [0.15, 0.2) is 6.07 Å². The standard InChI is InChI=1S/C11H21N3O2S/c1-5-9-8-10(13-12-9)14-17(15,16)7-6-11(2,3)4/h8H,5-7H2,1-4H3,(H2,12,13,14). The lowest BCUT2D eigenvalue weighted by molar-refractivity contribution is 0.397. The molecule has 0 saturated carbocycles. The molecule has 98 valence electrons. The van der Waals surface area contributed by atoms with Crippen LogP contribution < -0.4 is 4.72 Å². The van der Waals surface area contributed by atoms with Gasteiger partial charge in [0.1, 0.15) is 0 Å². The fourth-order valence-electron chi connectivity index (χ4n) is 1.25. The average Bonchev–Trinajstić information content (AvgIpc) is 2.61. The fraction of sp³-hybridized carbons (Fsp3) is 0.727. The summed E-state index contributed by atoms with van der Waals surface area (Å²) in [5.41, 5.74) is 0.924. The van der Waals surface area contributed by atoms with Gasteiger partial charge >= 0.3 is 0 Å². The summed E-state index contributed by atoms with van der Waals surface area (Å²) in [5, 5.41) is 6.67. The Morgan fingerprint density at radius 2 is 2.06 bits per heavy atom. The molecule has 0 spiro atoms. The van der Waals surface area contributed by atoms with Crippen LogP contribution in [-0.2, 0) is 16.4 Å². The van der Waals surface area contributed by atoms with E-state index in [2.05, 4.69) is 14.9 Å². The van der Waals surface area contributed by atoms with E-state index in [1.54, 1.807) is 6.07 Å². The van der Waals surface area contributed by atoms with E-state index >= 15 is 0 Å². The number of aromatic nitrogens is 2. The van der Waals surface area contributed by atoms with Gasteiger partial charge in [-0.05, 0) is 18.3 Å². The van der Waals surface area contributed by atoms with Crippen LogP contribution in [0.4, 0.5) is 5.82 Å². The lowest BCUT2D eigenvalue weighted by Crippen LogP contribution is -2.21. The fourth-order valence-corrected chi connectivity index (χ4v) is 2.65. The number of nitrogens with zero attached hydrogens (tertiary/aromatic N) is 1. The van der Waals surface area contributed by atoms with Crippen LogP contribution in [0.3, 0.4) is 0 Å². The van der Waals surface area contributed by atoms with Crippen LogP contribution in [0.25, 0.3) is 0 Å². The van der Waals surface area contributed by atoms with Crippen LogP contribution in [0.1, 0.15) is 39.8 Å². The molecule has 2 N–H and O–H groups in total. The number of anilines is 1. The summed E-state index contributed by atoms with van der Waals surface area (Å²) < 4.78 is 26.0. The summed E-state index contributed by atoms with van der Waals surface area (Å²) in [4.78, 5) is 0. The van der Waals surface area contributed by atoms with E-state index in [0.717, 1.165) is 12.1 Å². The maximum atomic E-state index is 11.8. The van der Waals surface area contributed by atoms with E-state index in [9.17, 15) is 8.42 Å². The molecule has 1 aromatic heterocycles. The van der Waals surface area contributed by atoms with E-state index in [1.807, 2.05) is 27.7 Å². The number of sulfonamides is 1. The number of H-pyrrole nitrogens is 1. The molecule has 0 aliphatic rings. The van der Waals surface area contributed by atoms with Crippen molar-refractivity contribution in [1.82, 2.24) is 10.2 Å². The van der Waals surface area contributed by atoms with Crippen molar-refractivity contribution in [2.24, 2.45) is 5.41 Å². The van der Waals surface area contributed by atoms with Gasteiger partial charge in [0.25, 0.3) is 0 Å². The van der Waals surface area contributed by atoms with Crippen LogP contribution in [-0.4, -0.2) is 24.4 Å². The molecule has 0 aromatic carbocycles. The zero-order valence-corrected chi connectivity index (χ0v) is 11.7. The largest absolute Gasteiger partial charge is 0.280 e. The molecule has 1 heterocycles. The first kappa shape index (κ1) is 14.0. The van der Waals surface area contributed by atoms with Crippen molar-refractivity contribution in [2.45, 2.75) is 40.5 Å². The second-order valence-corrected chi connectivity index (χ2v) is 7.21. The topological polar surface area (TPSA) is 74.8 Å². The predicted molar refractivity (Wildman–Crippen MR) is 69.4 cm³/mol. The van der Waals surface area contributed by atoms with Gasteiger partial charge in [-0.15, -0.1) is 0 Å². The van der Waals surface area contributed by atoms with Gasteiger partial charge in [0.15, 0.2) is 5.82 Å². The van der Waals surface area contributed by atoms with Crippen LogP contribution in [0.2, 0.25) is 0 Å². The third kappa shape index (κ3) is 5.21. The molecule has 0 amide bonds. The first-order valence-corrected chi connectivity index (χ1v) is 7.42. The first-order valence-electron chi connectivity index (χ1n) is 5.76. The second-order valence-electron chi connectivity index (χ2n) is 5.36. The highest BCUT2D eigenvalue weighted by Crippen LogP contribution is 2.20. The van der Waals surface area contributed by atoms with E-state index in [1.165, 1.54) is 0 Å². The van der Waals surface area contributed by atoms with Crippen molar-refractivity contribution in [3.8, 4) is 0 Å². The molecule has 0 unspecified atom stereocenters.